The molecule has 4 aromatic rings. The van der Waals surface area contributed by atoms with Crippen molar-refractivity contribution < 1.29 is 19.4 Å². The number of carboxylic acid groups (broad SMARTS) is 1. The van der Waals surface area contributed by atoms with Crippen molar-refractivity contribution in [1.29, 1.82) is 0 Å². The second-order valence-electron chi connectivity index (χ2n) is 10.6. The Morgan fingerprint density at radius 1 is 1.05 bits per heavy atom. The summed E-state index contributed by atoms with van der Waals surface area (Å²) in [6, 6.07) is 11.9. The van der Waals surface area contributed by atoms with E-state index >= 15 is 0 Å². The normalized spacial score (nSPS) is 16.7. The molecule has 0 radical (unpaired) electrons. The van der Waals surface area contributed by atoms with Gasteiger partial charge in [-0.2, -0.15) is 0 Å². The third-order valence-electron chi connectivity index (χ3n) is 8.28. The number of carboxylic acids is 1. The summed E-state index contributed by atoms with van der Waals surface area (Å²) in [4.78, 5) is 20.8. The molecule has 2 aliphatic heterocycles. The summed E-state index contributed by atoms with van der Waals surface area (Å²) in [5.41, 5.74) is 7.50. The molecule has 6 rings (SSSR count). The van der Waals surface area contributed by atoms with Gasteiger partial charge in [0.15, 0.2) is 17.3 Å². The van der Waals surface area contributed by atoms with Crippen LogP contribution in [0.2, 0.25) is 0 Å². The van der Waals surface area contributed by atoms with E-state index in [1.165, 1.54) is 16.0 Å². The van der Waals surface area contributed by atoms with Crippen LogP contribution in [0.15, 0.2) is 41.4 Å². The van der Waals surface area contributed by atoms with E-state index in [0.717, 1.165) is 69.9 Å². The number of nitrogens with zero attached hydrogens (tertiary/aromatic N) is 5. The fraction of sp³-hybridized carbons (Fsp3) is 0.355. The standard InChI is InChI=1S/C31H33N5O4S/c1-16-18(3)41-30-26(16)28(32-27(17(2)31(37)38)29-34-33-19(4)36(29)30)20-7-9-23(10-8-20)35-12-11-21-13-24(39-5)25(40-6)14-22(21)15-35/h7-10,13-14,17,27H,11-12,15H2,1-6H3,(H,37,38)/t17-,27?/m0/s1. The Bertz CT molecular complexity index is 1690. The van der Waals surface area contributed by atoms with E-state index in [4.69, 9.17) is 14.5 Å². The van der Waals surface area contributed by atoms with Crippen molar-refractivity contribution in [2.45, 2.75) is 46.7 Å². The molecule has 2 aliphatic rings. The van der Waals surface area contributed by atoms with E-state index in [1.54, 1.807) is 32.5 Å². The quantitative estimate of drug-likeness (QED) is 0.329. The van der Waals surface area contributed by atoms with Gasteiger partial charge < -0.3 is 19.5 Å². The van der Waals surface area contributed by atoms with Gasteiger partial charge in [-0.1, -0.05) is 12.1 Å². The van der Waals surface area contributed by atoms with Crippen molar-refractivity contribution in [3.8, 4) is 16.5 Å². The van der Waals surface area contributed by atoms with Gasteiger partial charge in [0.1, 0.15) is 16.9 Å². The average molecular weight is 572 g/mol. The van der Waals surface area contributed by atoms with Crippen molar-refractivity contribution in [2.75, 3.05) is 25.7 Å². The van der Waals surface area contributed by atoms with Crippen LogP contribution >= 0.6 is 11.3 Å². The maximum atomic E-state index is 12.1. The zero-order valence-corrected chi connectivity index (χ0v) is 24.9. The molecule has 1 unspecified atom stereocenters. The zero-order chi connectivity index (χ0) is 29.0. The van der Waals surface area contributed by atoms with E-state index in [9.17, 15) is 9.90 Å². The fourth-order valence-corrected chi connectivity index (χ4v) is 6.96. The molecule has 0 bridgehead atoms. The van der Waals surface area contributed by atoms with E-state index in [1.807, 2.05) is 11.5 Å². The number of fused-ring (bicyclic) bond motifs is 4. The predicted octanol–water partition coefficient (Wildman–Crippen LogP) is 5.45. The second kappa shape index (κ2) is 10.3. The summed E-state index contributed by atoms with van der Waals surface area (Å²) in [6.45, 7) is 9.45. The molecular weight excluding hydrogens is 538 g/mol. The summed E-state index contributed by atoms with van der Waals surface area (Å²) in [7, 11) is 3.33. The van der Waals surface area contributed by atoms with E-state index in [0.29, 0.717) is 5.82 Å². The highest BCUT2D eigenvalue weighted by molar-refractivity contribution is 7.15. The summed E-state index contributed by atoms with van der Waals surface area (Å²) in [6.07, 6.45) is 0.911. The zero-order valence-electron chi connectivity index (χ0n) is 24.1. The Morgan fingerprint density at radius 3 is 2.39 bits per heavy atom. The molecule has 9 nitrogen and oxygen atoms in total. The van der Waals surface area contributed by atoms with Gasteiger partial charge in [-0.3, -0.25) is 14.4 Å². The van der Waals surface area contributed by atoms with Crippen molar-refractivity contribution >= 4 is 28.7 Å². The molecule has 2 atom stereocenters. The maximum Gasteiger partial charge on any atom is 0.308 e. The monoisotopic (exact) mass is 571 g/mol. The smallest absolute Gasteiger partial charge is 0.308 e. The number of ether oxygens (including phenoxy) is 2. The number of aromatic nitrogens is 3. The van der Waals surface area contributed by atoms with E-state index < -0.39 is 17.9 Å². The lowest BCUT2D eigenvalue weighted by Gasteiger charge is -2.31. The molecule has 212 valence electrons. The highest BCUT2D eigenvalue weighted by atomic mass is 32.1. The summed E-state index contributed by atoms with van der Waals surface area (Å²) in [5.74, 6) is 1.09. The molecule has 0 spiro atoms. The molecule has 1 N–H and O–H groups in total. The lowest BCUT2D eigenvalue weighted by molar-refractivity contribution is -0.141. The highest BCUT2D eigenvalue weighted by Crippen LogP contribution is 2.41. The number of anilines is 1. The Kier molecular flexibility index (Phi) is 6.81. The number of rotatable bonds is 6. The Morgan fingerprint density at radius 2 is 1.73 bits per heavy atom. The van der Waals surface area contributed by atoms with Crippen molar-refractivity contribution in [3.63, 3.8) is 0 Å². The number of thiophene rings is 1. The molecule has 0 saturated heterocycles. The SMILES string of the molecule is COc1cc2c(cc1OC)CN(c1ccc(C3=NC([C@H](C)C(=O)O)c4nnc(C)n4-c4sc(C)c(C)c43)cc1)CC2. The molecule has 0 aliphatic carbocycles. The first-order valence-electron chi connectivity index (χ1n) is 13.6. The lowest BCUT2D eigenvalue weighted by atomic mass is 9.96. The summed E-state index contributed by atoms with van der Waals surface area (Å²) in [5, 5.41) is 19.6. The van der Waals surface area contributed by atoms with Gasteiger partial charge in [-0.05, 0) is 75.1 Å². The molecule has 0 fully saturated rings. The van der Waals surface area contributed by atoms with Crippen LogP contribution in [0.4, 0.5) is 5.69 Å². The average Bonchev–Trinajstić information content (AvgIpc) is 3.45. The van der Waals surface area contributed by atoms with E-state index in [-0.39, 0.29) is 0 Å². The maximum absolute atomic E-state index is 12.1. The van der Waals surface area contributed by atoms with Gasteiger partial charge in [-0.25, -0.2) is 0 Å². The van der Waals surface area contributed by atoms with Crippen LogP contribution in [0.25, 0.3) is 5.00 Å². The van der Waals surface area contributed by atoms with Crippen LogP contribution in [-0.2, 0) is 17.8 Å². The minimum Gasteiger partial charge on any atom is -0.493 e. The first-order chi connectivity index (χ1) is 19.7. The van der Waals surface area contributed by atoms with Crippen molar-refractivity contribution in [2.24, 2.45) is 10.9 Å². The van der Waals surface area contributed by atoms with Gasteiger partial charge in [0.25, 0.3) is 0 Å². The Labute approximate surface area is 243 Å². The lowest BCUT2D eigenvalue weighted by Crippen LogP contribution is -2.30. The van der Waals surface area contributed by atoms with Crippen LogP contribution in [0.1, 0.15) is 57.3 Å². The number of hydrogen-bond donors (Lipinski definition) is 1. The molecule has 2 aromatic carbocycles. The Balaban J connectivity index is 1.39. The van der Waals surface area contributed by atoms with Crippen LogP contribution in [0.3, 0.4) is 0 Å². The number of aryl methyl sites for hydroxylation is 2. The predicted molar refractivity (Wildman–Crippen MR) is 159 cm³/mol. The molecule has 10 heteroatoms. The summed E-state index contributed by atoms with van der Waals surface area (Å²) >= 11 is 1.66. The highest BCUT2D eigenvalue weighted by Gasteiger charge is 2.36. The number of methoxy groups -OCH3 is 2. The van der Waals surface area contributed by atoms with Crippen LogP contribution in [-0.4, -0.2) is 52.3 Å². The van der Waals surface area contributed by atoms with Crippen molar-refractivity contribution in [1.82, 2.24) is 14.8 Å². The largest absolute Gasteiger partial charge is 0.493 e. The van der Waals surface area contributed by atoms with Gasteiger partial charge in [-0.15, -0.1) is 21.5 Å². The molecular formula is C31H33N5O4S. The minimum atomic E-state index is -0.918. The van der Waals surface area contributed by atoms with Gasteiger partial charge >= 0.3 is 5.97 Å². The van der Waals surface area contributed by atoms with Crippen LogP contribution < -0.4 is 14.4 Å². The first-order valence-corrected chi connectivity index (χ1v) is 14.5. The van der Waals surface area contributed by atoms with Crippen LogP contribution in [0.5, 0.6) is 11.5 Å². The molecule has 41 heavy (non-hydrogen) atoms. The first kappa shape index (κ1) is 27.0. The second-order valence-corrected chi connectivity index (χ2v) is 11.9. The number of aliphatic imine (C=N–C) groups is 1. The third kappa shape index (κ3) is 4.46. The van der Waals surface area contributed by atoms with Gasteiger partial charge in [0.2, 0.25) is 0 Å². The van der Waals surface area contributed by atoms with Gasteiger partial charge in [0.05, 0.1) is 25.8 Å². The van der Waals surface area contributed by atoms with Gasteiger partial charge in [0, 0.05) is 34.8 Å². The molecule has 4 heterocycles. The third-order valence-corrected chi connectivity index (χ3v) is 9.47. The number of aliphatic carboxylic acids is 1. The molecule has 2 aromatic heterocycles. The Hall–Kier alpha value is -4.18. The van der Waals surface area contributed by atoms with E-state index in [2.05, 4.69) is 65.3 Å². The number of hydrogen-bond acceptors (Lipinski definition) is 8. The molecule has 0 amide bonds. The summed E-state index contributed by atoms with van der Waals surface area (Å²) < 4.78 is 13.0. The van der Waals surface area contributed by atoms with Crippen molar-refractivity contribution in [3.05, 3.63) is 80.7 Å². The fourth-order valence-electron chi connectivity index (χ4n) is 5.75. The topological polar surface area (TPSA) is 102 Å². The number of benzene rings is 2. The minimum absolute atomic E-state index is 0.561. The molecule has 0 saturated carbocycles. The number of carbonyl (C=O) groups is 1. The van der Waals surface area contributed by atoms with Crippen LogP contribution in [0, 0.1) is 26.7 Å².